The van der Waals surface area contributed by atoms with Gasteiger partial charge >= 0.3 is 5.97 Å². The van der Waals surface area contributed by atoms with Crippen LogP contribution in [0.1, 0.15) is 34.1 Å². The molecule has 0 rings (SSSR count). The number of hydrogen-bond acceptors (Lipinski definition) is 2. The fraction of sp³-hybridized carbons (Fsp3) is 0.750. The fourth-order valence-electron chi connectivity index (χ4n) is 0.967. The summed E-state index contributed by atoms with van der Waals surface area (Å²) in [5.41, 5.74) is 0.853. The Morgan fingerprint density at radius 1 is 1.38 bits per heavy atom. The second-order valence-electron chi connectivity index (χ2n) is 5.69. The first-order chi connectivity index (χ1) is 7.06. The predicted molar refractivity (Wildman–Crippen MR) is 69.2 cm³/mol. The molecule has 0 spiro atoms. The molecule has 0 aromatic heterocycles. The third-order valence-electron chi connectivity index (χ3n) is 3.14. The van der Waals surface area contributed by atoms with Crippen LogP contribution in [0.4, 0.5) is 0 Å². The number of carboxylic acid groups (broad SMARTS) is 1. The summed E-state index contributed by atoms with van der Waals surface area (Å²) < 4.78 is 5.95. The molecule has 0 aliphatic carbocycles. The molecule has 94 valence electrons. The zero-order chi connectivity index (χ0) is 13.0. The molecule has 1 N–H and O–H groups in total. The number of rotatable bonds is 5. The molecule has 0 aliphatic rings. The van der Waals surface area contributed by atoms with Crippen LogP contribution in [0.15, 0.2) is 11.6 Å². The van der Waals surface area contributed by atoms with Crippen LogP contribution in [0, 0.1) is 0 Å². The summed E-state index contributed by atoms with van der Waals surface area (Å²) >= 11 is 0. The quantitative estimate of drug-likeness (QED) is 0.595. The molecule has 0 heterocycles. The Bertz CT molecular complexity index is 274. The van der Waals surface area contributed by atoms with Crippen molar-refractivity contribution in [3.8, 4) is 0 Å². The van der Waals surface area contributed by atoms with Gasteiger partial charge in [0, 0.05) is 12.7 Å². The van der Waals surface area contributed by atoms with E-state index in [2.05, 4.69) is 33.9 Å². The lowest BCUT2D eigenvalue weighted by molar-refractivity contribution is -0.131. The van der Waals surface area contributed by atoms with Crippen molar-refractivity contribution < 1.29 is 14.3 Å². The average Bonchev–Trinajstić information content (AvgIpc) is 1.99. The van der Waals surface area contributed by atoms with Crippen LogP contribution >= 0.6 is 0 Å². The van der Waals surface area contributed by atoms with Gasteiger partial charge < -0.3 is 9.53 Å². The third kappa shape index (κ3) is 5.46. The molecule has 0 saturated carbocycles. The predicted octanol–water partition coefficient (Wildman–Crippen LogP) is 3.43. The second-order valence-corrected chi connectivity index (χ2v) is 10.5. The first kappa shape index (κ1) is 15.4. The molecular weight excluding hydrogens is 220 g/mol. The maximum absolute atomic E-state index is 10.4. The van der Waals surface area contributed by atoms with E-state index < -0.39 is 14.3 Å². The number of hydrogen-bond donors (Lipinski definition) is 1. The van der Waals surface area contributed by atoms with Gasteiger partial charge in [0.2, 0.25) is 0 Å². The molecule has 4 heteroatoms. The average molecular weight is 244 g/mol. The topological polar surface area (TPSA) is 46.5 Å². The van der Waals surface area contributed by atoms with Gasteiger partial charge in [-0.25, -0.2) is 4.79 Å². The van der Waals surface area contributed by atoms with E-state index >= 15 is 0 Å². The van der Waals surface area contributed by atoms with Gasteiger partial charge in [-0.15, -0.1) is 0 Å². The molecule has 0 aromatic rings. The first-order valence-corrected chi connectivity index (χ1v) is 8.51. The highest BCUT2D eigenvalue weighted by Gasteiger charge is 2.36. The Labute approximate surface area is 99.6 Å². The van der Waals surface area contributed by atoms with Gasteiger partial charge in [0.15, 0.2) is 8.32 Å². The van der Waals surface area contributed by atoms with Crippen LogP contribution in [0.3, 0.4) is 0 Å². The summed E-state index contributed by atoms with van der Waals surface area (Å²) in [4.78, 5) is 10.4. The van der Waals surface area contributed by atoms with Crippen molar-refractivity contribution in [2.75, 3.05) is 6.61 Å². The van der Waals surface area contributed by atoms with E-state index in [0.717, 1.165) is 5.57 Å². The van der Waals surface area contributed by atoms with Gasteiger partial charge in [0.05, 0.1) is 0 Å². The largest absolute Gasteiger partial charge is 0.478 e. The molecule has 0 saturated heterocycles. The molecule has 0 atom stereocenters. The standard InChI is InChI=1S/C12H24O3Si/c1-10(9-11(13)14)7-8-15-16(5,6)12(2,3)4/h9H,7-8H2,1-6H3,(H,13,14). The van der Waals surface area contributed by atoms with E-state index in [9.17, 15) is 4.79 Å². The van der Waals surface area contributed by atoms with Crippen LogP contribution in [-0.2, 0) is 9.22 Å². The number of aliphatic carboxylic acids is 1. The van der Waals surface area contributed by atoms with Gasteiger partial charge in [-0.1, -0.05) is 26.3 Å². The molecule has 16 heavy (non-hydrogen) atoms. The molecular formula is C12H24O3Si. The molecule has 3 nitrogen and oxygen atoms in total. The Balaban J connectivity index is 4.14. The zero-order valence-corrected chi connectivity index (χ0v) is 12.3. The Morgan fingerprint density at radius 2 is 1.88 bits per heavy atom. The molecule has 0 radical (unpaired) electrons. The van der Waals surface area contributed by atoms with E-state index in [1.165, 1.54) is 6.08 Å². The summed E-state index contributed by atoms with van der Waals surface area (Å²) in [7, 11) is -1.69. The summed E-state index contributed by atoms with van der Waals surface area (Å²) in [5.74, 6) is -0.884. The lowest BCUT2D eigenvalue weighted by atomic mass is 10.2. The zero-order valence-electron chi connectivity index (χ0n) is 11.3. The van der Waals surface area contributed by atoms with Crippen molar-refractivity contribution in [2.45, 2.75) is 52.2 Å². The molecule has 0 bridgehead atoms. The van der Waals surface area contributed by atoms with Gasteiger partial charge in [0.25, 0.3) is 0 Å². The second kappa shape index (κ2) is 5.64. The van der Waals surface area contributed by atoms with E-state index in [0.29, 0.717) is 13.0 Å². The summed E-state index contributed by atoms with van der Waals surface area (Å²) in [5, 5.41) is 8.77. The van der Waals surface area contributed by atoms with Crippen LogP contribution in [0.25, 0.3) is 0 Å². The lowest BCUT2D eigenvalue weighted by Crippen LogP contribution is -2.41. The molecule has 0 amide bonds. The van der Waals surface area contributed by atoms with Crippen molar-refractivity contribution in [1.29, 1.82) is 0 Å². The van der Waals surface area contributed by atoms with Crippen molar-refractivity contribution >= 4 is 14.3 Å². The first-order valence-electron chi connectivity index (χ1n) is 5.60. The van der Waals surface area contributed by atoms with Crippen molar-refractivity contribution in [1.82, 2.24) is 0 Å². The highest BCUT2D eigenvalue weighted by molar-refractivity contribution is 6.74. The fourth-order valence-corrected chi connectivity index (χ4v) is 2.01. The molecule has 0 fully saturated rings. The molecule has 0 aliphatic heterocycles. The highest BCUT2D eigenvalue weighted by atomic mass is 28.4. The Morgan fingerprint density at radius 3 is 2.25 bits per heavy atom. The SMILES string of the molecule is CC(=CC(=O)O)CCO[Si](C)(C)C(C)(C)C. The number of carboxylic acids is 1. The van der Waals surface area contributed by atoms with Crippen LogP contribution in [0.5, 0.6) is 0 Å². The smallest absolute Gasteiger partial charge is 0.328 e. The van der Waals surface area contributed by atoms with Crippen molar-refractivity contribution in [3.63, 3.8) is 0 Å². The van der Waals surface area contributed by atoms with Crippen LogP contribution in [-0.4, -0.2) is 26.0 Å². The molecule has 0 aromatic carbocycles. The minimum absolute atomic E-state index is 0.206. The molecule has 0 unspecified atom stereocenters. The maximum atomic E-state index is 10.4. The lowest BCUT2D eigenvalue weighted by Gasteiger charge is -2.36. The van der Waals surface area contributed by atoms with Crippen molar-refractivity contribution in [2.24, 2.45) is 0 Å². The minimum Gasteiger partial charge on any atom is -0.478 e. The van der Waals surface area contributed by atoms with Crippen LogP contribution in [0.2, 0.25) is 18.1 Å². The number of carbonyl (C=O) groups is 1. The van der Waals surface area contributed by atoms with E-state index in [-0.39, 0.29) is 5.04 Å². The summed E-state index contributed by atoms with van der Waals surface area (Å²) in [6, 6.07) is 0. The summed E-state index contributed by atoms with van der Waals surface area (Å²) in [6.07, 6.45) is 1.94. The minimum atomic E-state index is -1.69. The van der Waals surface area contributed by atoms with Crippen molar-refractivity contribution in [3.05, 3.63) is 11.6 Å². The highest BCUT2D eigenvalue weighted by Crippen LogP contribution is 2.36. The Kier molecular flexibility index (Phi) is 5.42. The van der Waals surface area contributed by atoms with E-state index in [4.69, 9.17) is 9.53 Å². The monoisotopic (exact) mass is 244 g/mol. The van der Waals surface area contributed by atoms with Crippen LogP contribution < -0.4 is 0 Å². The van der Waals surface area contributed by atoms with Gasteiger partial charge in [-0.2, -0.15) is 0 Å². The normalized spacial score (nSPS) is 14.0. The van der Waals surface area contributed by atoms with Gasteiger partial charge in [-0.3, -0.25) is 0 Å². The van der Waals surface area contributed by atoms with E-state index in [1.807, 2.05) is 6.92 Å². The Hall–Kier alpha value is -0.613. The third-order valence-corrected chi connectivity index (χ3v) is 7.67. The maximum Gasteiger partial charge on any atom is 0.328 e. The van der Waals surface area contributed by atoms with Gasteiger partial charge in [-0.05, 0) is 31.5 Å². The summed E-state index contributed by atoms with van der Waals surface area (Å²) in [6.45, 7) is 13.4. The van der Waals surface area contributed by atoms with E-state index in [1.54, 1.807) is 0 Å². The van der Waals surface area contributed by atoms with Gasteiger partial charge in [0.1, 0.15) is 0 Å².